The fourth-order valence-corrected chi connectivity index (χ4v) is 4.32. The fraction of sp³-hybridized carbons (Fsp3) is 0.235. The van der Waals surface area contributed by atoms with Gasteiger partial charge in [-0.25, -0.2) is 17.8 Å². The van der Waals surface area contributed by atoms with Crippen molar-refractivity contribution < 1.29 is 17.6 Å². The summed E-state index contributed by atoms with van der Waals surface area (Å²) in [5, 5.41) is 6.37. The summed E-state index contributed by atoms with van der Waals surface area (Å²) < 4.78 is 41.2. The van der Waals surface area contributed by atoms with Crippen LogP contribution < -0.4 is 10.0 Å². The monoisotopic (exact) mass is 423 g/mol. The van der Waals surface area contributed by atoms with Crippen molar-refractivity contribution in [3.8, 4) is 0 Å². The molecule has 146 valence electrons. The second-order valence-electron chi connectivity index (χ2n) is 6.49. The normalized spacial score (nSPS) is 14.2. The lowest BCUT2D eigenvalue weighted by Crippen LogP contribution is -2.17. The molecule has 0 unspecified atom stereocenters. The number of aryl methyl sites for hydroxylation is 1. The Morgan fingerprint density at radius 1 is 1.29 bits per heavy atom. The first-order chi connectivity index (χ1) is 13.2. The SMILES string of the molecule is Cn1nc2cc(NS(=O)(=O)C3CC3)cnc2c1C(=O)Nc1ccc(F)c(Cl)c1. The topological polar surface area (TPSA) is 106 Å². The molecule has 8 nitrogen and oxygen atoms in total. The fourth-order valence-electron chi connectivity index (χ4n) is 2.78. The zero-order chi connectivity index (χ0) is 20.1. The summed E-state index contributed by atoms with van der Waals surface area (Å²) in [5.41, 5.74) is 1.45. The predicted molar refractivity (Wildman–Crippen MR) is 103 cm³/mol. The van der Waals surface area contributed by atoms with Crippen molar-refractivity contribution in [2.75, 3.05) is 10.0 Å². The third-order valence-corrected chi connectivity index (χ3v) is 6.45. The molecule has 0 radical (unpaired) electrons. The van der Waals surface area contributed by atoms with Crippen LogP contribution in [0.4, 0.5) is 15.8 Å². The first-order valence-corrected chi connectivity index (χ1v) is 10.3. The molecule has 0 spiro atoms. The van der Waals surface area contributed by atoms with Gasteiger partial charge in [0, 0.05) is 12.7 Å². The Labute approximate surface area is 164 Å². The van der Waals surface area contributed by atoms with E-state index in [0.29, 0.717) is 29.6 Å². The molecule has 0 aliphatic heterocycles. The van der Waals surface area contributed by atoms with Crippen LogP contribution in [0.3, 0.4) is 0 Å². The summed E-state index contributed by atoms with van der Waals surface area (Å²) in [7, 11) is -1.85. The van der Waals surface area contributed by atoms with Crippen LogP contribution in [0.25, 0.3) is 11.0 Å². The van der Waals surface area contributed by atoms with E-state index < -0.39 is 21.7 Å². The summed E-state index contributed by atoms with van der Waals surface area (Å²) >= 11 is 5.73. The van der Waals surface area contributed by atoms with E-state index in [-0.39, 0.29) is 21.7 Å². The van der Waals surface area contributed by atoms with E-state index in [0.717, 1.165) is 6.07 Å². The van der Waals surface area contributed by atoms with Gasteiger partial charge in [-0.15, -0.1) is 0 Å². The number of nitrogens with one attached hydrogen (secondary N) is 2. The first kappa shape index (κ1) is 18.6. The lowest BCUT2D eigenvalue weighted by Gasteiger charge is -2.07. The van der Waals surface area contributed by atoms with Gasteiger partial charge >= 0.3 is 0 Å². The Morgan fingerprint density at radius 3 is 2.71 bits per heavy atom. The zero-order valence-electron chi connectivity index (χ0n) is 14.6. The Bertz CT molecular complexity index is 1210. The second kappa shape index (κ2) is 6.71. The van der Waals surface area contributed by atoms with Crippen molar-refractivity contribution in [2.24, 2.45) is 7.05 Å². The minimum Gasteiger partial charge on any atom is -0.321 e. The summed E-state index contributed by atoms with van der Waals surface area (Å²) in [6.45, 7) is 0. The highest BCUT2D eigenvalue weighted by Crippen LogP contribution is 2.30. The molecule has 2 aromatic heterocycles. The third kappa shape index (κ3) is 3.52. The summed E-state index contributed by atoms with van der Waals surface area (Å²) in [6, 6.07) is 5.35. The number of anilines is 2. The maximum atomic E-state index is 13.3. The zero-order valence-corrected chi connectivity index (χ0v) is 16.2. The Balaban J connectivity index is 1.62. The van der Waals surface area contributed by atoms with E-state index in [1.807, 2.05) is 0 Å². The Kier molecular flexibility index (Phi) is 4.47. The maximum Gasteiger partial charge on any atom is 0.276 e. The number of hydrogen-bond acceptors (Lipinski definition) is 5. The molecule has 2 heterocycles. The van der Waals surface area contributed by atoms with Gasteiger partial charge in [0.25, 0.3) is 5.91 Å². The molecule has 2 N–H and O–H groups in total. The molecular formula is C17H15ClFN5O3S. The van der Waals surface area contributed by atoms with Gasteiger partial charge in [-0.3, -0.25) is 14.2 Å². The van der Waals surface area contributed by atoms with E-state index in [9.17, 15) is 17.6 Å². The van der Waals surface area contributed by atoms with E-state index in [2.05, 4.69) is 20.1 Å². The molecule has 1 fully saturated rings. The molecule has 1 aliphatic rings. The molecular weight excluding hydrogens is 409 g/mol. The number of halogens is 2. The van der Waals surface area contributed by atoms with Gasteiger partial charge in [-0.2, -0.15) is 5.10 Å². The molecule has 1 saturated carbocycles. The smallest absolute Gasteiger partial charge is 0.276 e. The minimum absolute atomic E-state index is 0.113. The number of carbonyl (C=O) groups is 1. The van der Waals surface area contributed by atoms with Crippen LogP contribution in [0, 0.1) is 5.82 Å². The van der Waals surface area contributed by atoms with Crippen molar-refractivity contribution in [2.45, 2.75) is 18.1 Å². The van der Waals surface area contributed by atoms with Gasteiger partial charge in [0.05, 0.1) is 22.2 Å². The molecule has 1 aliphatic carbocycles. The third-order valence-electron chi connectivity index (χ3n) is 4.29. The second-order valence-corrected chi connectivity index (χ2v) is 8.86. The van der Waals surface area contributed by atoms with Gasteiger partial charge in [-0.05, 0) is 37.1 Å². The number of hydrogen-bond donors (Lipinski definition) is 2. The number of aromatic nitrogens is 3. The molecule has 28 heavy (non-hydrogen) atoms. The molecule has 1 aromatic carbocycles. The largest absolute Gasteiger partial charge is 0.321 e. The van der Waals surface area contributed by atoms with Gasteiger partial charge in [0.15, 0.2) is 5.69 Å². The predicted octanol–water partition coefficient (Wildman–Crippen LogP) is 2.92. The summed E-state index contributed by atoms with van der Waals surface area (Å²) in [5.74, 6) is -1.10. The molecule has 0 saturated heterocycles. The highest BCUT2D eigenvalue weighted by molar-refractivity contribution is 7.93. The first-order valence-electron chi connectivity index (χ1n) is 8.35. The van der Waals surface area contributed by atoms with Crippen molar-refractivity contribution in [1.29, 1.82) is 0 Å². The number of rotatable bonds is 5. The van der Waals surface area contributed by atoms with Gasteiger partial charge < -0.3 is 5.32 Å². The van der Waals surface area contributed by atoms with Gasteiger partial charge in [0.1, 0.15) is 16.9 Å². The number of nitrogens with zero attached hydrogens (tertiary/aromatic N) is 3. The van der Waals surface area contributed by atoms with Crippen LogP contribution in [-0.4, -0.2) is 34.3 Å². The standard InChI is InChI=1S/C17H15ClFN5O3S/c1-24-16(17(25)21-9-2-5-13(19)12(18)6-9)15-14(22-24)7-10(8-20-15)23-28(26,27)11-3-4-11/h2,5-8,11,23H,3-4H2,1H3,(H,21,25). The number of carbonyl (C=O) groups excluding carboxylic acids is 1. The van der Waals surface area contributed by atoms with Crippen LogP contribution in [0.15, 0.2) is 30.5 Å². The summed E-state index contributed by atoms with van der Waals surface area (Å²) in [4.78, 5) is 16.9. The van der Waals surface area contributed by atoms with E-state index in [1.165, 1.54) is 29.1 Å². The van der Waals surface area contributed by atoms with Crippen molar-refractivity contribution in [3.63, 3.8) is 0 Å². The summed E-state index contributed by atoms with van der Waals surface area (Å²) in [6.07, 6.45) is 2.63. The number of benzene rings is 1. The molecule has 11 heteroatoms. The molecule has 1 amide bonds. The molecule has 4 rings (SSSR count). The Morgan fingerprint density at radius 2 is 2.04 bits per heavy atom. The van der Waals surface area contributed by atoms with Gasteiger partial charge in [0.2, 0.25) is 10.0 Å². The van der Waals surface area contributed by atoms with Crippen LogP contribution in [-0.2, 0) is 17.1 Å². The number of amides is 1. The highest BCUT2D eigenvalue weighted by atomic mass is 35.5. The average molecular weight is 424 g/mol. The van der Waals surface area contributed by atoms with E-state index >= 15 is 0 Å². The van der Waals surface area contributed by atoms with E-state index in [4.69, 9.17) is 11.6 Å². The lowest BCUT2D eigenvalue weighted by atomic mass is 10.2. The Hall–Kier alpha value is -2.72. The lowest BCUT2D eigenvalue weighted by molar-refractivity contribution is 0.101. The number of pyridine rings is 1. The van der Waals surface area contributed by atoms with Crippen molar-refractivity contribution >= 4 is 49.9 Å². The van der Waals surface area contributed by atoms with E-state index in [1.54, 1.807) is 7.05 Å². The maximum absolute atomic E-state index is 13.3. The highest BCUT2D eigenvalue weighted by Gasteiger charge is 2.35. The van der Waals surface area contributed by atoms with Crippen LogP contribution in [0.1, 0.15) is 23.3 Å². The average Bonchev–Trinajstić information content (AvgIpc) is 3.41. The molecule has 0 bridgehead atoms. The van der Waals surface area contributed by atoms with Crippen LogP contribution >= 0.6 is 11.6 Å². The molecule has 3 aromatic rings. The van der Waals surface area contributed by atoms with Crippen LogP contribution in [0.5, 0.6) is 0 Å². The number of sulfonamides is 1. The molecule has 0 atom stereocenters. The van der Waals surface area contributed by atoms with Gasteiger partial charge in [-0.1, -0.05) is 11.6 Å². The quantitative estimate of drug-likeness (QED) is 0.656. The minimum atomic E-state index is -3.42. The van der Waals surface area contributed by atoms with Crippen LogP contribution in [0.2, 0.25) is 5.02 Å². The number of fused-ring (bicyclic) bond motifs is 1. The van der Waals surface area contributed by atoms with Crippen molar-refractivity contribution in [3.05, 3.63) is 47.0 Å². The van der Waals surface area contributed by atoms with Crippen molar-refractivity contribution in [1.82, 2.24) is 14.8 Å².